The summed E-state index contributed by atoms with van der Waals surface area (Å²) < 4.78 is 51.4. The first-order chi connectivity index (χ1) is 11.2. The Kier molecular flexibility index (Phi) is 8.20. The zero-order chi connectivity index (χ0) is 18.2. The van der Waals surface area contributed by atoms with Gasteiger partial charge in [-0.25, -0.2) is 8.42 Å². The monoisotopic (exact) mass is 383 g/mol. The van der Waals surface area contributed by atoms with Crippen molar-refractivity contribution in [3.8, 4) is 5.75 Å². The van der Waals surface area contributed by atoms with Crippen molar-refractivity contribution in [1.82, 2.24) is 10.6 Å². The number of alkyl halides is 2. The van der Waals surface area contributed by atoms with Gasteiger partial charge in [-0.15, -0.1) is 0 Å². The number of hydrogen-bond acceptors (Lipinski definition) is 4. The van der Waals surface area contributed by atoms with E-state index in [0.29, 0.717) is 29.5 Å². The fourth-order valence-electron chi connectivity index (χ4n) is 1.84. The van der Waals surface area contributed by atoms with Gasteiger partial charge in [-0.3, -0.25) is 4.99 Å². The number of hydrogen-bond donors (Lipinski definition) is 2. The highest BCUT2D eigenvalue weighted by molar-refractivity contribution is 7.90. The van der Waals surface area contributed by atoms with Gasteiger partial charge in [0, 0.05) is 37.0 Å². The first kappa shape index (κ1) is 20.4. The van der Waals surface area contributed by atoms with Crippen LogP contribution in [0.3, 0.4) is 0 Å². The van der Waals surface area contributed by atoms with Crippen molar-refractivity contribution in [2.75, 3.05) is 25.6 Å². The van der Waals surface area contributed by atoms with Crippen LogP contribution in [0.5, 0.6) is 5.75 Å². The van der Waals surface area contributed by atoms with E-state index < -0.39 is 16.4 Å². The van der Waals surface area contributed by atoms with E-state index in [-0.39, 0.29) is 18.0 Å². The Morgan fingerprint density at radius 3 is 2.67 bits per heavy atom. The molecule has 0 heterocycles. The Morgan fingerprint density at radius 1 is 1.38 bits per heavy atom. The minimum atomic E-state index is -3.01. The zero-order valence-corrected chi connectivity index (χ0v) is 14.9. The summed E-state index contributed by atoms with van der Waals surface area (Å²) in [5.41, 5.74) is 0.446. The minimum absolute atomic E-state index is 0.0226. The van der Waals surface area contributed by atoms with Gasteiger partial charge < -0.3 is 15.4 Å². The van der Waals surface area contributed by atoms with Gasteiger partial charge >= 0.3 is 6.61 Å². The van der Waals surface area contributed by atoms with Gasteiger partial charge in [0.1, 0.15) is 15.6 Å². The molecule has 0 saturated heterocycles. The molecule has 1 aromatic rings. The van der Waals surface area contributed by atoms with E-state index >= 15 is 0 Å². The number of rotatable bonds is 8. The molecule has 24 heavy (non-hydrogen) atoms. The van der Waals surface area contributed by atoms with Crippen molar-refractivity contribution in [3.05, 3.63) is 28.8 Å². The lowest BCUT2D eigenvalue weighted by Gasteiger charge is -2.14. The molecule has 0 saturated carbocycles. The fourth-order valence-corrected chi connectivity index (χ4v) is 2.70. The molecule has 2 N–H and O–H groups in total. The third-order valence-electron chi connectivity index (χ3n) is 2.89. The second-order valence-corrected chi connectivity index (χ2v) is 7.66. The molecule has 0 unspecified atom stereocenters. The minimum Gasteiger partial charge on any atom is -0.434 e. The summed E-state index contributed by atoms with van der Waals surface area (Å²) in [4.78, 5) is 3.97. The molecule has 0 aliphatic rings. The molecule has 0 amide bonds. The van der Waals surface area contributed by atoms with E-state index in [1.807, 2.05) is 0 Å². The topological polar surface area (TPSA) is 79.8 Å². The Balaban J connectivity index is 2.58. The molecule has 0 radical (unpaired) electrons. The largest absolute Gasteiger partial charge is 0.434 e. The number of aliphatic imine (C=N–C) groups is 1. The number of halogens is 3. The van der Waals surface area contributed by atoms with Crippen LogP contribution in [-0.4, -0.2) is 46.6 Å². The molecule has 10 heteroatoms. The highest BCUT2D eigenvalue weighted by Crippen LogP contribution is 2.24. The van der Waals surface area contributed by atoms with E-state index in [0.717, 1.165) is 0 Å². The lowest BCUT2D eigenvalue weighted by Crippen LogP contribution is -2.37. The molecule has 0 bridgehead atoms. The van der Waals surface area contributed by atoms with Crippen molar-refractivity contribution in [2.24, 2.45) is 4.99 Å². The van der Waals surface area contributed by atoms with Crippen molar-refractivity contribution in [3.63, 3.8) is 0 Å². The van der Waals surface area contributed by atoms with Crippen molar-refractivity contribution in [2.45, 2.75) is 19.6 Å². The van der Waals surface area contributed by atoms with Gasteiger partial charge in [0.05, 0.1) is 5.75 Å². The number of benzene rings is 1. The summed E-state index contributed by atoms with van der Waals surface area (Å²) in [7, 11) is -1.47. The summed E-state index contributed by atoms with van der Waals surface area (Å²) in [5.74, 6) is 0.499. The molecule has 0 atom stereocenters. The highest BCUT2D eigenvalue weighted by atomic mass is 35.5. The third-order valence-corrected chi connectivity index (χ3v) is 4.16. The van der Waals surface area contributed by atoms with E-state index in [1.165, 1.54) is 24.5 Å². The van der Waals surface area contributed by atoms with Gasteiger partial charge in [0.25, 0.3) is 0 Å². The number of nitrogens with zero attached hydrogens (tertiary/aromatic N) is 1. The third kappa shape index (κ3) is 8.30. The zero-order valence-electron chi connectivity index (χ0n) is 13.4. The second kappa shape index (κ2) is 9.63. The molecular weight excluding hydrogens is 364 g/mol. The first-order valence-corrected chi connectivity index (χ1v) is 9.50. The molecule has 1 rings (SSSR count). The van der Waals surface area contributed by atoms with Crippen molar-refractivity contribution >= 4 is 27.4 Å². The van der Waals surface area contributed by atoms with Gasteiger partial charge in [-0.2, -0.15) is 8.78 Å². The lowest BCUT2D eigenvalue weighted by atomic mass is 10.2. The summed E-state index contributed by atoms with van der Waals surface area (Å²) in [5, 5.41) is 6.26. The average molecular weight is 384 g/mol. The van der Waals surface area contributed by atoms with E-state index in [2.05, 4.69) is 20.4 Å². The number of ether oxygens (including phenoxy) is 1. The Bertz CT molecular complexity index is 669. The lowest BCUT2D eigenvalue weighted by molar-refractivity contribution is -0.0504. The molecule has 1 aromatic carbocycles. The smallest absolute Gasteiger partial charge is 0.387 e. The fraction of sp³-hybridized carbons (Fsp3) is 0.500. The van der Waals surface area contributed by atoms with Crippen LogP contribution in [0.2, 0.25) is 5.02 Å². The number of sulfone groups is 1. The predicted octanol–water partition coefficient (Wildman–Crippen LogP) is 2.04. The molecule has 0 aromatic heterocycles. The molecule has 136 valence electrons. The maximum atomic E-state index is 12.4. The first-order valence-electron chi connectivity index (χ1n) is 7.07. The van der Waals surface area contributed by atoms with Crippen LogP contribution in [0.4, 0.5) is 8.78 Å². The molecule has 0 spiro atoms. The van der Waals surface area contributed by atoms with Gasteiger partial charge in [0.2, 0.25) is 0 Å². The van der Waals surface area contributed by atoms with Crippen LogP contribution in [0.25, 0.3) is 0 Å². The number of guanidine groups is 1. The number of nitrogens with one attached hydrogen (secondary N) is 2. The highest BCUT2D eigenvalue weighted by Gasteiger charge is 2.11. The molecule has 0 fully saturated rings. The normalized spacial score (nSPS) is 12.3. The Morgan fingerprint density at radius 2 is 2.08 bits per heavy atom. The van der Waals surface area contributed by atoms with Crippen LogP contribution in [0, 0.1) is 0 Å². The van der Waals surface area contributed by atoms with Gasteiger partial charge in [-0.05, 0) is 24.6 Å². The van der Waals surface area contributed by atoms with Gasteiger partial charge in [0.15, 0.2) is 5.96 Å². The van der Waals surface area contributed by atoms with Crippen molar-refractivity contribution < 1.29 is 21.9 Å². The Labute approximate surface area is 145 Å². The molecule has 0 aliphatic heterocycles. The van der Waals surface area contributed by atoms with Crippen LogP contribution >= 0.6 is 11.6 Å². The van der Waals surface area contributed by atoms with Crippen LogP contribution < -0.4 is 15.4 Å². The Hall–Kier alpha value is -1.61. The van der Waals surface area contributed by atoms with Crippen molar-refractivity contribution in [1.29, 1.82) is 0 Å². The van der Waals surface area contributed by atoms with Crippen LogP contribution in [-0.2, 0) is 16.4 Å². The predicted molar refractivity (Wildman–Crippen MR) is 90.6 cm³/mol. The summed E-state index contributed by atoms with van der Waals surface area (Å²) in [6, 6.07) is 4.35. The summed E-state index contributed by atoms with van der Waals surface area (Å²) >= 11 is 5.87. The maximum Gasteiger partial charge on any atom is 0.387 e. The van der Waals surface area contributed by atoms with E-state index in [1.54, 1.807) is 7.05 Å². The van der Waals surface area contributed by atoms with Crippen LogP contribution in [0.1, 0.15) is 12.0 Å². The van der Waals surface area contributed by atoms with Crippen LogP contribution in [0.15, 0.2) is 23.2 Å². The second-order valence-electron chi connectivity index (χ2n) is 4.97. The average Bonchev–Trinajstić information content (AvgIpc) is 2.47. The molecule has 0 aliphatic carbocycles. The summed E-state index contributed by atoms with van der Waals surface area (Å²) in [6.45, 7) is -2.37. The maximum absolute atomic E-state index is 12.4. The molecular formula is C14H20ClF2N3O3S. The molecule has 6 nitrogen and oxygen atoms in total. The SMILES string of the molecule is CN=C(NCCCS(C)(=O)=O)NCc1cc(Cl)ccc1OC(F)F. The standard InChI is InChI=1S/C14H20ClF2N3O3S/c1-18-14(19-6-3-7-24(2,21)22)20-9-10-8-11(15)4-5-12(10)23-13(16)17/h4-5,8,13H,3,6-7,9H2,1-2H3,(H2,18,19,20). The van der Waals surface area contributed by atoms with Gasteiger partial charge in [-0.1, -0.05) is 11.6 Å². The van der Waals surface area contributed by atoms with E-state index in [4.69, 9.17) is 11.6 Å². The quantitative estimate of drug-likeness (QED) is 0.408. The van der Waals surface area contributed by atoms with E-state index in [9.17, 15) is 17.2 Å². The summed E-state index contributed by atoms with van der Waals surface area (Å²) in [6.07, 6.45) is 1.60.